The number of allylic oxidation sites excluding steroid dienone is 5. The maximum atomic E-state index is 2.59. The highest BCUT2D eigenvalue weighted by atomic mass is 28.3. The van der Waals surface area contributed by atoms with Crippen molar-refractivity contribution in [2.24, 2.45) is 0 Å². The highest BCUT2D eigenvalue weighted by Gasteiger charge is 2.41. The second kappa shape index (κ2) is 5.21. The summed E-state index contributed by atoms with van der Waals surface area (Å²) in [6.45, 7) is 14.9. The number of benzene rings is 1. The van der Waals surface area contributed by atoms with Gasteiger partial charge in [-0.15, -0.1) is 0 Å². The minimum atomic E-state index is -1.51. The van der Waals surface area contributed by atoms with Crippen LogP contribution in [-0.4, -0.2) is 16.1 Å². The Kier molecular flexibility index (Phi) is 3.73. The summed E-state index contributed by atoms with van der Waals surface area (Å²) in [4.78, 5) is 0. The SMILES string of the molecule is CC1=Cc2ccccc2C1[Si](C)(C)C1=CC([Si](C)(C)C)=CC1. The fourth-order valence-electron chi connectivity index (χ4n) is 4.12. The van der Waals surface area contributed by atoms with Gasteiger partial charge in [0.05, 0.1) is 16.1 Å². The number of hydrogen-bond acceptors (Lipinski definition) is 0. The Morgan fingerprint density at radius 1 is 0.955 bits per heavy atom. The molecule has 0 aliphatic heterocycles. The van der Waals surface area contributed by atoms with Gasteiger partial charge in [-0.3, -0.25) is 0 Å². The molecule has 0 N–H and O–H groups in total. The molecule has 0 spiro atoms. The summed E-state index contributed by atoms with van der Waals surface area (Å²) in [5.41, 5.74) is 5.24. The lowest BCUT2D eigenvalue weighted by Crippen LogP contribution is -2.37. The van der Waals surface area contributed by atoms with Gasteiger partial charge in [-0.2, -0.15) is 0 Å². The van der Waals surface area contributed by atoms with Crippen molar-refractivity contribution in [1.29, 1.82) is 0 Å². The van der Waals surface area contributed by atoms with Gasteiger partial charge in [0.1, 0.15) is 0 Å². The summed E-state index contributed by atoms with van der Waals surface area (Å²) in [7, 11) is -2.69. The lowest BCUT2D eigenvalue weighted by molar-refractivity contribution is 1.06. The molecule has 1 aromatic carbocycles. The van der Waals surface area contributed by atoms with Crippen LogP contribution in [0.1, 0.15) is 30.0 Å². The van der Waals surface area contributed by atoms with E-state index in [2.05, 4.69) is 82.2 Å². The molecular weight excluding hydrogens is 296 g/mol. The number of hydrogen-bond donors (Lipinski definition) is 0. The summed E-state index contributed by atoms with van der Waals surface area (Å²) in [6, 6.07) is 9.00. The molecule has 0 saturated carbocycles. The Labute approximate surface area is 137 Å². The van der Waals surface area contributed by atoms with E-state index in [1.165, 1.54) is 12.0 Å². The van der Waals surface area contributed by atoms with E-state index >= 15 is 0 Å². The van der Waals surface area contributed by atoms with Crippen molar-refractivity contribution >= 4 is 22.2 Å². The Bertz CT molecular complexity index is 697. The Hall–Kier alpha value is -1.13. The van der Waals surface area contributed by atoms with E-state index in [-0.39, 0.29) is 0 Å². The quantitative estimate of drug-likeness (QED) is 0.589. The van der Waals surface area contributed by atoms with E-state index in [9.17, 15) is 0 Å². The summed E-state index contributed by atoms with van der Waals surface area (Å²) < 4.78 is 0. The van der Waals surface area contributed by atoms with Crippen LogP contribution in [0.25, 0.3) is 6.08 Å². The van der Waals surface area contributed by atoms with Crippen LogP contribution in [0.15, 0.2) is 52.4 Å². The normalized spacial score (nSPS) is 21.4. The molecule has 116 valence electrons. The monoisotopic (exact) mass is 324 g/mol. The van der Waals surface area contributed by atoms with E-state index in [1.807, 2.05) is 0 Å². The third kappa shape index (κ3) is 2.52. The Morgan fingerprint density at radius 2 is 1.64 bits per heavy atom. The smallest absolute Gasteiger partial charge is 0.0816 e. The molecule has 1 aromatic rings. The summed E-state index contributed by atoms with van der Waals surface area (Å²) in [5.74, 6) is 0. The van der Waals surface area contributed by atoms with Crippen LogP contribution in [0.5, 0.6) is 0 Å². The lowest BCUT2D eigenvalue weighted by Gasteiger charge is -2.33. The predicted octanol–water partition coefficient (Wildman–Crippen LogP) is 6.11. The van der Waals surface area contributed by atoms with Crippen molar-refractivity contribution in [2.45, 2.75) is 51.6 Å². The molecule has 0 radical (unpaired) electrons. The van der Waals surface area contributed by atoms with Crippen molar-refractivity contribution in [3.63, 3.8) is 0 Å². The van der Waals surface area contributed by atoms with Gasteiger partial charge in [-0.1, -0.05) is 91.2 Å². The molecule has 0 aromatic heterocycles. The number of rotatable bonds is 3. The topological polar surface area (TPSA) is 0 Å². The summed E-state index contributed by atoms with van der Waals surface area (Å²) >= 11 is 0. The van der Waals surface area contributed by atoms with E-state index < -0.39 is 16.1 Å². The summed E-state index contributed by atoms with van der Waals surface area (Å²) in [5, 5.41) is 3.41. The molecule has 0 heterocycles. The molecule has 22 heavy (non-hydrogen) atoms. The van der Waals surface area contributed by atoms with Crippen molar-refractivity contribution in [3.05, 3.63) is 63.5 Å². The molecule has 2 heteroatoms. The van der Waals surface area contributed by atoms with Crippen LogP contribution < -0.4 is 0 Å². The van der Waals surface area contributed by atoms with Crippen molar-refractivity contribution in [1.82, 2.24) is 0 Å². The van der Waals surface area contributed by atoms with Gasteiger partial charge in [0, 0.05) is 5.54 Å². The summed E-state index contributed by atoms with van der Waals surface area (Å²) in [6.07, 6.45) is 8.73. The maximum Gasteiger partial charge on any atom is 0.0876 e. The van der Waals surface area contributed by atoms with E-state index in [0.29, 0.717) is 5.54 Å². The van der Waals surface area contributed by atoms with E-state index in [4.69, 9.17) is 0 Å². The lowest BCUT2D eigenvalue weighted by atomic mass is 10.1. The fraction of sp³-hybridized carbons (Fsp3) is 0.400. The van der Waals surface area contributed by atoms with E-state index in [0.717, 1.165) is 0 Å². The van der Waals surface area contributed by atoms with Crippen LogP contribution in [0.3, 0.4) is 0 Å². The first-order chi connectivity index (χ1) is 10.2. The third-order valence-electron chi connectivity index (χ3n) is 5.43. The van der Waals surface area contributed by atoms with Gasteiger partial charge in [-0.05, 0) is 24.5 Å². The first-order valence-corrected chi connectivity index (χ1v) is 15.0. The van der Waals surface area contributed by atoms with Crippen molar-refractivity contribution in [3.8, 4) is 0 Å². The minimum Gasteiger partial charge on any atom is -0.0816 e. The van der Waals surface area contributed by atoms with Crippen LogP contribution in [0.2, 0.25) is 32.7 Å². The van der Waals surface area contributed by atoms with Crippen LogP contribution >= 0.6 is 0 Å². The molecule has 0 fully saturated rings. The van der Waals surface area contributed by atoms with Crippen LogP contribution in [0.4, 0.5) is 0 Å². The van der Waals surface area contributed by atoms with Gasteiger partial charge in [0.15, 0.2) is 0 Å². The molecule has 0 saturated heterocycles. The molecule has 0 amide bonds. The van der Waals surface area contributed by atoms with Gasteiger partial charge in [0.25, 0.3) is 0 Å². The molecule has 0 nitrogen and oxygen atoms in total. The molecular formula is C20H28Si2. The van der Waals surface area contributed by atoms with Gasteiger partial charge in [-0.25, -0.2) is 0 Å². The standard InChI is InChI=1S/C20H28Si2/c1-15-13-16-9-7-8-10-19(16)20(15)22(5,6)18-12-11-17(14-18)21(2,3)4/h7-11,13-14,20H,12H2,1-6H3. The van der Waals surface area contributed by atoms with Gasteiger partial charge < -0.3 is 0 Å². The molecule has 0 bridgehead atoms. The highest BCUT2D eigenvalue weighted by molar-refractivity contribution is 6.88. The zero-order valence-corrected chi connectivity index (χ0v) is 16.8. The molecule has 1 unspecified atom stereocenters. The molecule has 1 atom stereocenters. The van der Waals surface area contributed by atoms with E-state index in [1.54, 1.807) is 21.5 Å². The van der Waals surface area contributed by atoms with Crippen LogP contribution in [0, 0.1) is 0 Å². The largest absolute Gasteiger partial charge is 0.0876 e. The van der Waals surface area contributed by atoms with Crippen LogP contribution in [-0.2, 0) is 0 Å². The zero-order chi connectivity index (χ0) is 16.1. The minimum absolute atomic E-state index is 0.657. The molecule has 2 aliphatic rings. The van der Waals surface area contributed by atoms with Crippen molar-refractivity contribution < 1.29 is 0 Å². The zero-order valence-electron chi connectivity index (χ0n) is 14.8. The fourth-order valence-corrected chi connectivity index (χ4v) is 9.37. The number of fused-ring (bicyclic) bond motifs is 1. The third-order valence-corrected chi connectivity index (χ3v) is 11.7. The molecule has 2 aliphatic carbocycles. The molecule has 3 rings (SSSR count). The maximum absolute atomic E-state index is 2.59. The highest BCUT2D eigenvalue weighted by Crippen LogP contribution is 2.46. The average molecular weight is 325 g/mol. The second-order valence-corrected chi connectivity index (χ2v) is 18.2. The van der Waals surface area contributed by atoms with Gasteiger partial charge in [0.2, 0.25) is 0 Å². The van der Waals surface area contributed by atoms with Crippen molar-refractivity contribution in [2.75, 3.05) is 0 Å². The average Bonchev–Trinajstić information content (AvgIpc) is 3.01. The predicted molar refractivity (Wildman–Crippen MR) is 104 cm³/mol. The first kappa shape index (κ1) is 15.8. The first-order valence-electron chi connectivity index (χ1n) is 8.40. The van der Waals surface area contributed by atoms with Gasteiger partial charge >= 0.3 is 0 Å². The Balaban J connectivity index is 1.97. The Morgan fingerprint density at radius 3 is 2.27 bits per heavy atom. The second-order valence-electron chi connectivity index (χ2n) is 8.46.